The molecule has 0 bridgehead atoms. The molecule has 0 unspecified atom stereocenters. The Morgan fingerprint density at radius 2 is 1.53 bits per heavy atom. The Kier molecular flexibility index (Phi) is 8.55. The summed E-state index contributed by atoms with van der Waals surface area (Å²) < 4.78 is 70.9. The second kappa shape index (κ2) is 11.2. The van der Waals surface area contributed by atoms with Gasteiger partial charge in [-0.05, 0) is 72.9 Å². The van der Waals surface area contributed by atoms with Crippen LogP contribution in [-0.2, 0) is 6.42 Å². The van der Waals surface area contributed by atoms with Crippen molar-refractivity contribution in [3.63, 3.8) is 0 Å². The van der Waals surface area contributed by atoms with E-state index >= 15 is 0 Å². The molecule has 0 aliphatic heterocycles. The molecule has 0 saturated heterocycles. The Balaban J connectivity index is 1.59. The fraction of sp³-hybridized carbons (Fsp3) is 0.538. The van der Waals surface area contributed by atoms with E-state index in [9.17, 15) is 22.0 Å². The highest BCUT2D eigenvalue weighted by Gasteiger charge is 2.28. The third-order valence-corrected chi connectivity index (χ3v) is 6.40. The van der Waals surface area contributed by atoms with Crippen molar-refractivity contribution in [3.8, 4) is 5.75 Å². The van der Waals surface area contributed by atoms with Gasteiger partial charge in [0.25, 0.3) is 0 Å². The molecular weight excluding hydrogens is 423 g/mol. The average Bonchev–Trinajstić information content (AvgIpc) is 2.76. The molecule has 0 heterocycles. The van der Waals surface area contributed by atoms with Crippen molar-refractivity contribution in [2.24, 2.45) is 5.92 Å². The van der Waals surface area contributed by atoms with Crippen LogP contribution in [0.1, 0.15) is 80.9 Å². The molecule has 0 atom stereocenters. The Hall–Kier alpha value is -2.11. The summed E-state index contributed by atoms with van der Waals surface area (Å²) in [5.41, 5.74) is 1.31. The van der Waals surface area contributed by atoms with Gasteiger partial charge in [0.05, 0.1) is 0 Å². The third-order valence-electron chi connectivity index (χ3n) is 6.40. The summed E-state index contributed by atoms with van der Waals surface area (Å²) in [5, 5.41) is 0. The van der Waals surface area contributed by atoms with Crippen molar-refractivity contribution in [2.45, 2.75) is 76.8 Å². The molecule has 32 heavy (non-hydrogen) atoms. The van der Waals surface area contributed by atoms with E-state index < -0.39 is 24.4 Å². The lowest BCUT2D eigenvalue weighted by atomic mass is 9.77. The van der Waals surface area contributed by atoms with Gasteiger partial charge in [0, 0.05) is 12.0 Å². The van der Waals surface area contributed by atoms with Gasteiger partial charge in [0.15, 0.2) is 6.61 Å². The van der Waals surface area contributed by atoms with Gasteiger partial charge in [0.2, 0.25) is 0 Å². The molecule has 1 saturated carbocycles. The molecule has 1 nitrogen and oxygen atoms in total. The fourth-order valence-corrected chi connectivity index (χ4v) is 4.57. The minimum absolute atomic E-state index is 0.0223. The van der Waals surface area contributed by atoms with E-state index in [4.69, 9.17) is 0 Å². The first-order chi connectivity index (χ1) is 15.2. The number of hydrogen-bond donors (Lipinski definition) is 0. The number of unbranched alkanes of at least 4 members (excludes halogenated alkanes) is 2. The number of halogens is 5. The van der Waals surface area contributed by atoms with Gasteiger partial charge in [-0.2, -0.15) is 13.2 Å². The summed E-state index contributed by atoms with van der Waals surface area (Å²) in [6.07, 6.45) is 4.77. The van der Waals surface area contributed by atoms with Crippen molar-refractivity contribution < 1.29 is 26.7 Å². The molecule has 2 aromatic rings. The molecule has 0 amide bonds. The monoisotopic (exact) mass is 454 g/mol. The lowest BCUT2D eigenvalue weighted by molar-refractivity contribution is -0.153. The van der Waals surface area contributed by atoms with Crippen LogP contribution in [0.4, 0.5) is 22.0 Å². The Bertz CT molecular complexity index is 829. The highest BCUT2D eigenvalue weighted by Crippen LogP contribution is 2.38. The average molecular weight is 455 g/mol. The molecule has 0 spiro atoms. The van der Waals surface area contributed by atoms with Crippen LogP contribution in [0, 0.1) is 17.6 Å². The Morgan fingerprint density at radius 3 is 2.09 bits per heavy atom. The van der Waals surface area contributed by atoms with E-state index in [0.717, 1.165) is 37.2 Å². The second-order valence-corrected chi connectivity index (χ2v) is 8.90. The molecule has 2 aromatic carbocycles. The number of hydrogen-bond acceptors (Lipinski definition) is 1. The summed E-state index contributed by atoms with van der Waals surface area (Å²) in [5.74, 6) is -0.145. The first-order valence-corrected chi connectivity index (χ1v) is 11.5. The molecule has 1 aliphatic carbocycles. The van der Waals surface area contributed by atoms with Crippen LogP contribution in [-0.4, -0.2) is 12.8 Å². The van der Waals surface area contributed by atoms with Gasteiger partial charge in [-0.1, -0.05) is 44.7 Å². The number of alkyl halides is 3. The smallest absolute Gasteiger partial charge is 0.422 e. The van der Waals surface area contributed by atoms with Crippen LogP contribution in [0.3, 0.4) is 0 Å². The quantitative estimate of drug-likeness (QED) is 0.273. The Morgan fingerprint density at radius 1 is 0.906 bits per heavy atom. The zero-order valence-corrected chi connectivity index (χ0v) is 18.5. The van der Waals surface area contributed by atoms with Crippen LogP contribution in [0.15, 0.2) is 36.4 Å². The summed E-state index contributed by atoms with van der Waals surface area (Å²) >= 11 is 0. The lowest BCUT2D eigenvalue weighted by Gasteiger charge is -2.29. The SMILES string of the molecule is CCCCCC1CCC(c2cc(F)c(Cc3ccc(OCC(F)(F)F)cc3)c(F)c2)CC1. The maximum Gasteiger partial charge on any atom is 0.422 e. The Labute approximate surface area is 187 Å². The summed E-state index contributed by atoms with van der Waals surface area (Å²) in [6, 6.07) is 8.73. The van der Waals surface area contributed by atoms with Crippen molar-refractivity contribution >= 4 is 0 Å². The molecule has 1 aliphatic rings. The van der Waals surface area contributed by atoms with Crippen LogP contribution < -0.4 is 4.74 Å². The van der Waals surface area contributed by atoms with Gasteiger partial charge < -0.3 is 4.74 Å². The van der Waals surface area contributed by atoms with Gasteiger partial charge in [-0.15, -0.1) is 0 Å². The fourth-order valence-electron chi connectivity index (χ4n) is 4.57. The van der Waals surface area contributed by atoms with Gasteiger partial charge in [0.1, 0.15) is 17.4 Å². The summed E-state index contributed by atoms with van der Waals surface area (Å²) in [7, 11) is 0. The zero-order valence-electron chi connectivity index (χ0n) is 18.5. The molecule has 0 aromatic heterocycles. The van der Waals surface area contributed by atoms with Crippen LogP contribution in [0.5, 0.6) is 5.75 Å². The number of benzene rings is 2. The molecule has 1 fully saturated rings. The highest BCUT2D eigenvalue weighted by atomic mass is 19.4. The van der Waals surface area contributed by atoms with Gasteiger partial charge in [-0.25, -0.2) is 8.78 Å². The minimum Gasteiger partial charge on any atom is -0.484 e. The molecule has 3 rings (SSSR count). The number of ether oxygens (including phenoxy) is 1. The van der Waals surface area contributed by atoms with Crippen LogP contribution in [0.25, 0.3) is 0 Å². The second-order valence-electron chi connectivity index (χ2n) is 8.90. The van der Waals surface area contributed by atoms with E-state index in [0.29, 0.717) is 5.56 Å². The lowest BCUT2D eigenvalue weighted by Crippen LogP contribution is -2.19. The summed E-state index contributed by atoms with van der Waals surface area (Å²) in [6.45, 7) is 0.823. The van der Waals surface area contributed by atoms with E-state index in [1.165, 1.54) is 62.1 Å². The first-order valence-electron chi connectivity index (χ1n) is 11.5. The molecule has 0 N–H and O–H groups in total. The maximum absolute atomic E-state index is 14.8. The van der Waals surface area contributed by atoms with Crippen LogP contribution in [0.2, 0.25) is 0 Å². The van der Waals surface area contributed by atoms with Crippen LogP contribution >= 0.6 is 0 Å². The zero-order chi connectivity index (χ0) is 23.1. The number of rotatable bonds is 9. The minimum atomic E-state index is -4.42. The van der Waals surface area contributed by atoms with Gasteiger partial charge in [-0.3, -0.25) is 0 Å². The third kappa shape index (κ3) is 7.21. The van der Waals surface area contributed by atoms with Crippen molar-refractivity contribution in [1.29, 1.82) is 0 Å². The maximum atomic E-state index is 14.8. The largest absolute Gasteiger partial charge is 0.484 e. The standard InChI is InChI=1S/C26H31F5O/c1-2-3-4-5-18-6-10-20(11-7-18)21-15-24(27)23(25(28)16-21)14-19-8-12-22(13-9-19)32-17-26(29,30)31/h8-9,12-13,15-16,18,20H,2-7,10-11,14,17H2,1H3. The van der Waals surface area contributed by atoms with Crippen molar-refractivity contribution in [1.82, 2.24) is 0 Å². The predicted octanol–water partition coefficient (Wildman–Crippen LogP) is 8.35. The highest BCUT2D eigenvalue weighted by molar-refractivity contribution is 5.35. The molecule has 6 heteroatoms. The summed E-state index contributed by atoms with van der Waals surface area (Å²) in [4.78, 5) is 0. The normalized spacial score (nSPS) is 19.2. The molecule has 176 valence electrons. The van der Waals surface area contributed by atoms with E-state index in [-0.39, 0.29) is 23.7 Å². The van der Waals surface area contributed by atoms with E-state index in [1.807, 2.05) is 0 Å². The molecular formula is C26H31F5O. The predicted molar refractivity (Wildman–Crippen MR) is 116 cm³/mol. The van der Waals surface area contributed by atoms with Crippen molar-refractivity contribution in [3.05, 3.63) is 64.7 Å². The van der Waals surface area contributed by atoms with E-state index in [2.05, 4.69) is 11.7 Å². The van der Waals surface area contributed by atoms with Crippen molar-refractivity contribution in [2.75, 3.05) is 6.61 Å². The molecule has 0 radical (unpaired) electrons. The topological polar surface area (TPSA) is 9.23 Å². The first kappa shape index (κ1) is 24.5. The van der Waals surface area contributed by atoms with Gasteiger partial charge >= 0.3 is 6.18 Å². The van der Waals surface area contributed by atoms with E-state index in [1.54, 1.807) is 0 Å².